The van der Waals surface area contributed by atoms with E-state index in [1.807, 2.05) is 7.05 Å². The van der Waals surface area contributed by atoms with Gasteiger partial charge in [0.25, 0.3) is 0 Å². The molecule has 0 aromatic rings. The number of aliphatic hydroxyl groups is 1. The topological polar surface area (TPSA) is 58.7 Å². The molecule has 0 rings (SSSR count). The van der Waals surface area contributed by atoms with Crippen LogP contribution in [0.3, 0.4) is 0 Å². The lowest BCUT2D eigenvalue weighted by atomic mass is 9.98. The van der Waals surface area contributed by atoms with Crippen molar-refractivity contribution in [1.82, 2.24) is 4.90 Å². The number of likely N-dealkylation sites (N-methyl/N-ethyl adjacent to an activating group) is 1. The van der Waals surface area contributed by atoms with Crippen LogP contribution >= 0.6 is 0 Å². The predicted molar refractivity (Wildman–Crippen MR) is 62.8 cm³/mol. The summed E-state index contributed by atoms with van der Waals surface area (Å²) in [4.78, 5) is 2.07. The van der Waals surface area contributed by atoms with E-state index in [0.717, 1.165) is 13.0 Å². The van der Waals surface area contributed by atoms with Gasteiger partial charge in [-0.15, -0.1) is 0 Å². The first-order valence-electron chi connectivity index (χ1n) is 5.58. The molecule has 0 heterocycles. The zero-order valence-corrected chi connectivity index (χ0v) is 10.4. The summed E-state index contributed by atoms with van der Waals surface area (Å²) in [6.45, 7) is 5.86. The third-order valence-corrected chi connectivity index (χ3v) is 2.64. The first-order valence-corrected chi connectivity index (χ1v) is 5.58. The van der Waals surface area contributed by atoms with E-state index in [-0.39, 0.29) is 18.7 Å². The molecule has 0 spiro atoms. The molecule has 3 N–H and O–H groups in total. The van der Waals surface area contributed by atoms with Gasteiger partial charge < -0.3 is 15.6 Å². The van der Waals surface area contributed by atoms with Gasteiger partial charge >= 0.3 is 0 Å². The van der Waals surface area contributed by atoms with Gasteiger partial charge in [0.2, 0.25) is 0 Å². The molecular weight excluding hydrogens is 192 g/mol. The van der Waals surface area contributed by atoms with Crippen molar-refractivity contribution in [2.45, 2.75) is 32.4 Å². The standard InChI is InChI=1S/C11H26N2O2/c1-9(2)7-10(12)11(8-14)13(3)5-6-15-4/h9-11,14H,5-8,12H2,1-4H3. The summed E-state index contributed by atoms with van der Waals surface area (Å²) in [5.41, 5.74) is 6.06. The smallest absolute Gasteiger partial charge is 0.0601 e. The van der Waals surface area contributed by atoms with E-state index in [0.29, 0.717) is 12.5 Å². The Labute approximate surface area is 93.4 Å². The van der Waals surface area contributed by atoms with Gasteiger partial charge in [-0.25, -0.2) is 0 Å². The molecule has 92 valence electrons. The summed E-state index contributed by atoms with van der Waals surface area (Å²) in [6, 6.07) is 0.0550. The molecule has 0 aromatic carbocycles. The minimum absolute atomic E-state index is 0.0249. The molecule has 0 radical (unpaired) electrons. The van der Waals surface area contributed by atoms with Gasteiger partial charge in [0, 0.05) is 25.7 Å². The summed E-state index contributed by atoms with van der Waals surface area (Å²) in [7, 11) is 3.65. The van der Waals surface area contributed by atoms with Crippen LogP contribution in [0.5, 0.6) is 0 Å². The highest BCUT2D eigenvalue weighted by molar-refractivity contribution is 4.80. The van der Waals surface area contributed by atoms with Crippen molar-refractivity contribution in [3.05, 3.63) is 0 Å². The minimum atomic E-state index is 0.0249. The summed E-state index contributed by atoms with van der Waals surface area (Å²) in [6.07, 6.45) is 0.933. The van der Waals surface area contributed by atoms with E-state index in [9.17, 15) is 5.11 Å². The van der Waals surface area contributed by atoms with Gasteiger partial charge in [0.15, 0.2) is 0 Å². The van der Waals surface area contributed by atoms with Gasteiger partial charge in [-0.3, -0.25) is 4.90 Å². The third kappa shape index (κ3) is 6.10. The van der Waals surface area contributed by atoms with Gasteiger partial charge in [-0.05, 0) is 19.4 Å². The van der Waals surface area contributed by atoms with Gasteiger partial charge in [0.1, 0.15) is 0 Å². The first-order chi connectivity index (χ1) is 7.02. The van der Waals surface area contributed by atoms with Gasteiger partial charge in [-0.2, -0.15) is 0 Å². The second-order valence-electron chi connectivity index (χ2n) is 4.52. The molecule has 0 aliphatic carbocycles. The Hall–Kier alpha value is -0.160. The van der Waals surface area contributed by atoms with E-state index in [1.165, 1.54) is 0 Å². The number of ether oxygens (including phenoxy) is 1. The summed E-state index contributed by atoms with van der Waals surface area (Å²) < 4.78 is 5.00. The lowest BCUT2D eigenvalue weighted by molar-refractivity contribution is 0.0888. The Kier molecular flexibility index (Phi) is 7.96. The summed E-state index contributed by atoms with van der Waals surface area (Å²) in [5.74, 6) is 0.560. The monoisotopic (exact) mass is 218 g/mol. The van der Waals surface area contributed by atoms with Crippen LogP contribution in [0, 0.1) is 5.92 Å². The van der Waals surface area contributed by atoms with Crippen LogP contribution in [0.15, 0.2) is 0 Å². The maximum Gasteiger partial charge on any atom is 0.0601 e. The highest BCUT2D eigenvalue weighted by Crippen LogP contribution is 2.09. The van der Waals surface area contributed by atoms with E-state index in [2.05, 4.69) is 18.7 Å². The zero-order valence-electron chi connectivity index (χ0n) is 10.4. The maximum absolute atomic E-state index is 9.32. The molecule has 2 unspecified atom stereocenters. The quantitative estimate of drug-likeness (QED) is 0.615. The number of nitrogens with zero attached hydrogens (tertiary/aromatic N) is 1. The Morgan fingerprint density at radius 3 is 2.40 bits per heavy atom. The Balaban J connectivity index is 4.07. The number of nitrogens with two attached hydrogens (primary N) is 1. The molecule has 0 aliphatic heterocycles. The van der Waals surface area contributed by atoms with Crippen LogP contribution in [-0.4, -0.2) is 56.0 Å². The third-order valence-electron chi connectivity index (χ3n) is 2.64. The summed E-state index contributed by atoms with van der Waals surface area (Å²) in [5, 5.41) is 9.32. The van der Waals surface area contributed by atoms with Gasteiger partial charge in [0.05, 0.1) is 13.2 Å². The van der Waals surface area contributed by atoms with Crippen LogP contribution in [0.4, 0.5) is 0 Å². The van der Waals surface area contributed by atoms with E-state index in [1.54, 1.807) is 7.11 Å². The molecule has 4 nitrogen and oxygen atoms in total. The second kappa shape index (κ2) is 8.05. The van der Waals surface area contributed by atoms with Crippen molar-refractivity contribution >= 4 is 0 Å². The summed E-state index contributed by atoms with van der Waals surface area (Å²) >= 11 is 0. The van der Waals surface area contributed by atoms with Gasteiger partial charge in [-0.1, -0.05) is 13.8 Å². The fraction of sp³-hybridized carbons (Fsp3) is 1.00. The average molecular weight is 218 g/mol. The lowest BCUT2D eigenvalue weighted by Crippen LogP contribution is -2.49. The van der Waals surface area contributed by atoms with Crippen molar-refractivity contribution in [1.29, 1.82) is 0 Å². The number of methoxy groups -OCH3 is 1. The van der Waals surface area contributed by atoms with E-state index < -0.39 is 0 Å². The first kappa shape index (κ1) is 14.8. The molecule has 0 bridgehead atoms. The lowest BCUT2D eigenvalue weighted by Gasteiger charge is -2.31. The normalized spacial score (nSPS) is 16.0. The molecule has 0 fully saturated rings. The number of aliphatic hydroxyl groups excluding tert-OH is 1. The Bertz CT molecular complexity index is 154. The van der Waals surface area contributed by atoms with Crippen molar-refractivity contribution < 1.29 is 9.84 Å². The minimum Gasteiger partial charge on any atom is -0.395 e. The molecule has 0 saturated heterocycles. The van der Waals surface area contributed by atoms with Crippen LogP contribution in [-0.2, 0) is 4.74 Å². The zero-order chi connectivity index (χ0) is 11.8. The van der Waals surface area contributed by atoms with Crippen molar-refractivity contribution in [3.63, 3.8) is 0 Å². The molecule has 4 heteroatoms. The van der Waals surface area contributed by atoms with E-state index >= 15 is 0 Å². The molecule has 2 atom stereocenters. The molecule has 15 heavy (non-hydrogen) atoms. The van der Waals surface area contributed by atoms with Crippen molar-refractivity contribution in [3.8, 4) is 0 Å². The fourth-order valence-electron chi connectivity index (χ4n) is 1.70. The van der Waals surface area contributed by atoms with Crippen LogP contribution < -0.4 is 5.73 Å². The number of rotatable bonds is 8. The highest BCUT2D eigenvalue weighted by atomic mass is 16.5. The SMILES string of the molecule is COCCN(C)C(CO)C(N)CC(C)C. The fourth-order valence-corrected chi connectivity index (χ4v) is 1.70. The predicted octanol–water partition coefficient (Wildman–Crippen LogP) is 0.299. The number of hydrogen-bond donors (Lipinski definition) is 2. The Morgan fingerprint density at radius 1 is 1.40 bits per heavy atom. The van der Waals surface area contributed by atoms with E-state index in [4.69, 9.17) is 10.5 Å². The Morgan fingerprint density at radius 2 is 2.00 bits per heavy atom. The second-order valence-corrected chi connectivity index (χ2v) is 4.52. The maximum atomic E-state index is 9.32. The van der Waals surface area contributed by atoms with Crippen molar-refractivity contribution in [2.24, 2.45) is 11.7 Å². The van der Waals surface area contributed by atoms with Crippen LogP contribution in [0.25, 0.3) is 0 Å². The highest BCUT2D eigenvalue weighted by Gasteiger charge is 2.21. The largest absolute Gasteiger partial charge is 0.395 e. The molecule has 0 saturated carbocycles. The van der Waals surface area contributed by atoms with Crippen molar-refractivity contribution in [2.75, 3.05) is 33.9 Å². The average Bonchev–Trinajstić information content (AvgIpc) is 2.14. The van der Waals surface area contributed by atoms with Crippen LogP contribution in [0.2, 0.25) is 0 Å². The molecule has 0 amide bonds. The number of hydrogen-bond acceptors (Lipinski definition) is 4. The molecular formula is C11H26N2O2. The van der Waals surface area contributed by atoms with Crippen LogP contribution in [0.1, 0.15) is 20.3 Å². The molecule has 0 aliphatic rings. The molecule has 0 aromatic heterocycles.